The van der Waals surface area contributed by atoms with E-state index in [0.29, 0.717) is 4.88 Å². The highest BCUT2D eigenvalue weighted by Crippen LogP contribution is 2.47. The zero-order valence-corrected chi connectivity index (χ0v) is 17.8. The maximum absolute atomic E-state index is 12.7. The molecule has 1 fully saturated rings. The molecule has 1 saturated carbocycles. The van der Waals surface area contributed by atoms with E-state index >= 15 is 0 Å². The fourth-order valence-corrected chi connectivity index (χ4v) is 4.24. The Hall–Kier alpha value is -2.67. The first-order chi connectivity index (χ1) is 13.7. The van der Waals surface area contributed by atoms with Crippen LogP contribution in [-0.2, 0) is 9.53 Å². The lowest BCUT2D eigenvalue weighted by Crippen LogP contribution is -2.28. The SMILES string of the molecule is C[C@@H](NC(=O)[C@@H]1C[C@H]1c1nc2ccccc2[nH]1)c1ccc(C(=O)OC(C)(C)C)s1. The number of amides is 1. The van der Waals surface area contributed by atoms with Crippen LogP contribution >= 0.6 is 11.3 Å². The van der Waals surface area contributed by atoms with Crippen LogP contribution in [-0.4, -0.2) is 27.4 Å². The zero-order chi connectivity index (χ0) is 20.8. The van der Waals surface area contributed by atoms with Gasteiger partial charge in [0.25, 0.3) is 0 Å². The van der Waals surface area contributed by atoms with Gasteiger partial charge in [0.2, 0.25) is 5.91 Å². The second kappa shape index (κ2) is 7.30. The molecule has 0 radical (unpaired) electrons. The van der Waals surface area contributed by atoms with E-state index in [2.05, 4.69) is 15.3 Å². The summed E-state index contributed by atoms with van der Waals surface area (Å²) in [5.41, 5.74) is 1.39. The topological polar surface area (TPSA) is 84.1 Å². The average Bonchev–Trinajstić information content (AvgIpc) is 3.10. The van der Waals surface area contributed by atoms with E-state index in [9.17, 15) is 9.59 Å². The van der Waals surface area contributed by atoms with Crippen molar-refractivity contribution in [2.24, 2.45) is 5.92 Å². The van der Waals surface area contributed by atoms with Crippen LogP contribution in [0.5, 0.6) is 0 Å². The molecule has 152 valence electrons. The molecule has 2 aromatic heterocycles. The third-order valence-electron chi connectivity index (χ3n) is 4.90. The third-order valence-corrected chi connectivity index (χ3v) is 6.15. The molecular formula is C22H25N3O3S. The number of H-pyrrole nitrogens is 1. The second-order valence-electron chi connectivity index (χ2n) is 8.52. The molecule has 4 rings (SSSR count). The number of para-hydroxylation sites is 2. The standard InChI is InChI=1S/C22H25N3O3S/c1-12(17-9-10-18(29-17)21(27)28-22(2,3)4)23-20(26)14-11-13(14)19-24-15-7-5-6-8-16(15)25-19/h5-10,12-14H,11H2,1-4H3,(H,23,26)(H,24,25)/t12-,13-,14-/m1/s1. The normalized spacial score (nSPS) is 19.7. The molecule has 1 aliphatic carbocycles. The third kappa shape index (κ3) is 4.34. The van der Waals surface area contributed by atoms with Gasteiger partial charge < -0.3 is 15.0 Å². The number of benzene rings is 1. The summed E-state index contributed by atoms with van der Waals surface area (Å²) in [6, 6.07) is 11.3. The number of hydrogen-bond acceptors (Lipinski definition) is 5. The van der Waals surface area contributed by atoms with Crippen molar-refractivity contribution in [3.05, 3.63) is 52.0 Å². The van der Waals surface area contributed by atoms with Gasteiger partial charge >= 0.3 is 5.97 Å². The Morgan fingerprint density at radius 2 is 2.00 bits per heavy atom. The van der Waals surface area contributed by atoms with E-state index < -0.39 is 5.60 Å². The molecule has 0 saturated heterocycles. The molecule has 0 bridgehead atoms. The van der Waals surface area contributed by atoms with E-state index in [1.54, 1.807) is 6.07 Å². The van der Waals surface area contributed by atoms with Crippen molar-refractivity contribution < 1.29 is 14.3 Å². The number of imidazole rings is 1. The average molecular weight is 412 g/mol. The predicted octanol–water partition coefficient (Wildman–Crippen LogP) is 4.56. The molecule has 7 heteroatoms. The lowest BCUT2D eigenvalue weighted by Gasteiger charge is -2.18. The molecule has 0 unspecified atom stereocenters. The van der Waals surface area contributed by atoms with E-state index in [4.69, 9.17) is 4.74 Å². The molecular weight excluding hydrogens is 386 g/mol. The highest BCUT2D eigenvalue weighted by molar-refractivity contribution is 7.14. The summed E-state index contributed by atoms with van der Waals surface area (Å²) in [5.74, 6) is 0.635. The minimum atomic E-state index is -0.529. The number of carbonyl (C=O) groups excluding carboxylic acids is 2. The maximum Gasteiger partial charge on any atom is 0.348 e. The van der Waals surface area contributed by atoms with Gasteiger partial charge in [0.1, 0.15) is 16.3 Å². The number of carbonyl (C=O) groups is 2. The van der Waals surface area contributed by atoms with Crippen molar-refractivity contribution in [1.29, 1.82) is 0 Å². The minimum Gasteiger partial charge on any atom is -0.456 e. The Morgan fingerprint density at radius 3 is 2.72 bits per heavy atom. The van der Waals surface area contributed by atoms with Crippen LogP contribution in [0.2, 0.25) is 0 Å². The van der Waals surface area contributed by atoms with Crippen molar-refractivity contribution in [2.75, 3.05) is 0 Å². The monoisotopic (exact) mass is 411 g/mol. The van der Waals surface area contributed by atoms with Gasteiger partial charge in [-0.2, -0.15) is 0 Å². The number of thiophene rings is 1. The van der Waals surface area contributed by atoms with E-state index in [1.165, 1.54) is 11.3 Å². The first-order valence-electron chi connectivity index (χ1n) is 9.79. The van der Waals surface area contributed by atoms with Gasteiger partial charge in [-0.3, -0.25) is 4.79 Å². The number of rotatable bonds is 5. The van der Waals surface area contributed by atoms with Gasteiger partial charge in [-0.05, 0) is 58.4 Å². The Kier molecular flexibility index (Phi) is 4.94. The highest BCUT2D eigenvalue weighted by atomic mass is 32.1. The van der Waals surface area contributed by atoms with E-state index in [1.807, 2.05) is 58.0 Å². The number of aromatic amines is 1. The van der Waals surface area contributed by atoms with Crippen LogP contribution in [0.15, 0.2) is 36.4 Å². The van der Waals surface area contributed by atoms with Crippen molar-refractivity contribution in [2.45, 2.75) is 51.7 Å². The highest BCUT2D eigenvalue weighted by Gasteiger charge is 2.46. The number of esters is 1. The fraction of sp³-hybridized carbons (Fsp3) is 0.409. The summed E-state index contributed by atoms with van der Waals surface area (Å²) in [5, 5.41) is 3.07. The smallest absolute Gasteiger partial charge is 0.348 e. The van der Waals surface area contributed by atoms with Crippen molar-refractivity contribution in [3.63, 3.8) is 0 Å². The molecule has 3 aromatic rings. The molecule has 2 heterocycles. The molecule has 0 aliphatic heterocycles. The summed E-state index contributed by atoms with van der Waals surface area (Å²) >= 11 is 1.36. The molecule has 3 atom stereocenters. The number of nitrogens with one attached hydrogen (secondary N) is 2. The first-order valence-corrected chi connectivity index (χ1v) is 10.6. The Bertz CT molecular complexity index is 1030. The molecule has 1 aromatic carbocycles. The molecule has 29 heavy (non-hydrogen) atoms. The van der Waals surface area contributed by atoms with Crippen LogP contribution in [0.1, 0.15) is 66.4 Å². The molecule has 2 N–H and O–H groups in total. The van der Waals surface area contributed by atoms with Gasteiger partial charge in [0.15, 0.2) is 0 Å². The summed E-state index contributed by atoms with van der Waals surface area (Å²) in [4.78, 5) is 34.3. The summed E-state index contributed by atoms with van der Waals surface area (Å²) in [6.07, 6.45) is 0.798. The number of aromatic nitrogens is 2. The molecule has 0 spiro atoms. The van der Waals surface area contributed by atoms with E-state index in [0.717, 1.165) is 28.2 Å². The lowest BCUT2D eigenvalue weighted by molar-refractivity contribution is -0.123. The van der Waals surface area contributed by atoms with Crippen LogP contribution < -0.4 is 5.32 Å². The van der Waals surface area contributed by atoms with Gasteiger partial charge in [0, 0.05) is 16.7 Å². The Morgan fingerprint density at radius 1 is 1.24 bits per heavy atom. The number of hydrogen-bond donors (Lipinski definition) is 2. The first kappa shape index (κ1) is 19.6. The van der Waals surface area contributed by atoms with Gasteiger partial charge in [0.05, 0.1) is 17.1 Å². The minimum absolute atomic E-state index is 0.0233. The van der Waals surface area contributed by atoms with Crippen molar-refractivity contribution in [3.8, 4) is 0 Å². The van der Waals surface area contributed by atoms with Crippen LogP contribution in [0.3, 0.4) is 0 Å². The largest absolute Gasteiger partial charge is 0.456 e. The number of fused-ring (bicyclic) bond motifs is 1. The fourth-order valence-electron chi connectivity index (χ4n) is 3.35. The molecule has 6 nitrogen and oxygen atoms in total. The summed E-state index contributed by atoms with van der Waals surface area (Å²) in [6.45, 7) is 7.46. The maximum atomic E-state index is 12.7. The van der Waals surface area contributed by atoms with Crippen LogP contribution in [0, 0.1) is 5.92 Å². The van der Waals surface area contributed by atoms with Crippen LogP contribution in [0.4, 0.5) is 0 Å². The Labute approximate surface area is 173 Å². The van der Waals surface area contributed by atoms with Gasteiger partial charge in [-0.25, -0.2) is 9.78 Å². The summed E-state index contributed by atoms with van der Waals surface area (Å²) in [7, 11) is 0. The zero-order valence-electron chi connectivity index (χ0n) is 17.0. The molecule has 1 amide bonds. The van der Waals surface area contributed by atoms with Crippen molar-refractivity contribution >= 4 is 34.2 Å². The number of nitrogens with zero attached hydrogens (tertiary/aromatic N) is 1. The van der Waals surface area contributed by atoms with Gasteiger partial charge in [-0.1, -0.05) is 12.1 Å². The van der Waals surface area contributed by atoms with Crippen molar-refractivity contribution in [1.82, 2.24) is 15.3 Å². The second-order valence-corrected chi connectivity index (χ2v) is 9.64. The lowest BCUT2D eigenvalue weighted by atomic mass is 10.2. The summed E-state index contributed by atoms with van der Waals surface area (Å²) < 4.78 is 5.41. The predicted molar refractivity (Wildman–Crippen MR) is 113 cm³/mol. The number of ether oxygens (including phenoxy) is 1. The molecule has 1 aliphatic rings. The quantitative estimate of drug-likeness (QED) is 0.603. The Balaban J connectivity index is 1.36. The van der Waals surface area contributed by atoms with E-state index in [-0.39, 0.29) is 29.8 Å². The van der Waals surface area contributed by atoms with Gasteiger partial charge in [-0.15, -0.1) is 11.3 Å². The van der Waals surface area contributed by atoms with Crippen LogP contribution in [0.25, 0.3) is 11.0 Å².